The van der Waals surface area contributed by atoms with Crippen molar-refractivity contribution in [3.63, 3.8) is 0 Å². The molecule has 4 nitrogen and oxygen atoms in total. The summed E-state index contributed by atoms with van der Waals surface area (Å²) in [6.07, 6.45) is 4.14. The van der Waals surface area contributed by atoms with E-state index < -0.39 is 0 Å². The molecule has 0 aromatic heterocycles. The van der Waals surface area contributed by atoms with Crippen LogP contribution < -0.4 is 10.6 Å². The first kappa shape index (κ1) is 25.2. The highest BCUT2D eigenvalue weighted by Crippen LogP contribution is 2.24. The normalized spacial score (nSPS) is 18.0. The third-order valence-electron chi connectivity index (χ3n) is 4.40. The summed E-state index contributed by atoms with van der Waals surface area (Å²) in [6, 6.07) is 0.271. The predicted molar refractivity (Wildman–Crippen MR) is 104 cm³/mol. The van der Waals surface area contributed by atoms with Crippen LogP contribution in [0, 0.1) is 17.8 Å². The lowest BCUT2D eigenvalue weighted by Gasteiger charge is -2.29. The van der Waals surface area contributed by atoms with Gasteiger partial charge in [-0.3, -0.25) is 4.79 Å². The van der Waals surface area contributed by atoms with Crippen LogP contribution in [0.5, 0.6) is 0 Å². The molecule has 0 aliphatic carbocycles. The summed E-state index contributed by atoms with van der Waals surface area (Å²) in [5.74, 6) is 2.03. The zero-order valence-corrected chi connectivity index (χ0v) is 17.1. The van der Waals surface area contributed by atoms with Gasteiger partial charge in [-0.25, -0.2) is 0 Å². The van der Waals surface area contributed by atoms with Gasteiger partial charge in [0.2, 0.25) is 5.91 Å². The molecule has 0 saturated carbocycles. The fourth-order valence-corrected chi connectivity index (χ4v) is 3.35. The van der Waals surface area contributed by atoms with Gasteiger partial charge in [0.25, 0.3) is 0 Å². The van der Waals surface area contributed by atoms with E-state index in [1.54, 1.807) is 0 Å². The quantitative estimate of drug-likeness (QED) is 0.691. The van der Waals surface area contributed by atoms with Crippen molar-refractivity contribution in [1.29, 1.82) is 0 Å². The number of hydrogen-bond donors (Lipinski definition) is 2. The van der Waals surface area contributed by atoms with E-state index in [1.165, 1.54) is 12.8 Å². The summed E-state index contributed by atoms with van der Waals surface area (Å²) < 4.78 is 0. The van der Waals surface area contributed by atoms with Crippen LogP contribution in [0.15, 0.2) is 0 Å². The van der Waals surface area contributed by atoms with E-state index in [-0.39, 0.29) is 36.8 Å². The average molecular weight is 370 g/mol. The highest BCUT2D eigenvalue weighted by molar-refractivity contribution is 5.85. The number of nitrogens with one attached hydrogen (secondary N) is 2. The number of halogens is 2. The molecule has 2 atom stereocenters. The second-order valence-corrected chi connectivity index (χ2v) is 7.43. The van der Waals surface area contributed by atoms with E-state index >= 15 is 0 Å². The first-order valence-corrected chi connectivity index (χ1v) is 8.53. The van der Waals surface area contributed by atoms with E-state index in [1.807, 2.05) is 0 Å². The Hall–Kier alpha value is -0.0300. The molecule has 0 bridgehead atoms. The Kier molecular flexibility index (Phi) is 14.6. The zero-order valence-electron chi connectivity index (χ0n) is 15.4. The van der Waals surface area contributed by atoms with Gasteiger partial charge < -0.3 is 15.5 Å². The Morgan fingerprint density at radius 1 is 1.17 bits per heavy atom. The van der Waals surface area contributed by atoms with Gasteiger partial charge in [0.15, 0.2) is 0 Å². The van der Waals surface area contributed by atoms with Crippen molar-refractivity contribution in [2.45, 2.75) is 52.5 Å². The second kappa shape index (κ2) is 13.3. The Morgan fingerprint density at radius 2 is 1.74 bits per heavy atom. The van der Waals surface area contributed by atoms with Gasteiger partial charge >= 0.3 is 0 Å². The van der Waals surface area contributed by atoms with Crippen LogP contribution in [0.3, 0.4) is 0 Å². The first-order valence-electron chi connectivity index (χ1n) is 8.53. The number of piperidine rings is 1. The highest BCUT2D eigenvalue weighted by atomic mass is 35.5. The van der Waals surface area contributed by atoms with Gasteiger partial charge in [-0.15, -0.1) is 24.8 Å². The minimum absolute atomic E-state index is 0. The van der Waals surface area contributed by atoms with Crippen molar-refractivity contribution in [1.82, 2.24) is 15.5 Å². The number of carbonyl (C=O) groups excluding carboxylic acids is 1. The van der Waals surface area contributed by atoms with Crippen LogP contribution in [0.2, 0.25) is 0 Å². The van der Waals surface area contributed by atoms with Crippen LogP contribution in [0.25, 0.3) is 0 Å². The monoisotopic (exact) mass is 369 g/mol. The molecular formula is C17H37Cl2N3O. The molecule has 1 heterocycles. The van der Waals surface area contributed by atoms with E-state index in [4.69, 9.17) is 0 Å². The van der Waals surface area contributed by atoms with Gasteiger partial charge in [-0.05, 0) is 64.2 Å². The van der Waals surface area contributed by atoms with Crippen LogP contribution in [-0.2, 0) is 4.79 Å². The minimum atomic E-state index is 0. The molecule has 1 rings (SSSR count). The lowest BCUT2D eigenvalue weighted by atomic mass is 9.84. The molecule has 6 heteroatoms. The SMILES string of the molecule is CC(C)CC(CN(C)C)NC(=O)CC(C)C1CCNCC1.Cl.Cl. The van der Waals surface area contributed by atoms with Crippen LogP contribution >= 0.6 is 24.8 Å². The number of rotatable bonds is 8. The topological polar surface area (TPSA) is 44.4 Å². The van der Waals surface area contributed by atoms with Crippen molar-refractivity contribution in [3.05, 3.63) is 0 Å². The molecule has 140 valence electrons. The fourth-order valence-electron chi connectivity index (χ4n) is 3.35. The summed E-state index contributed by atoms with van der Waals surface area (Å²) >= 11 is 0. The van der Waals surface area contributed by atoms with E-state index in [9.17, 15) is 4.79 Å². The van der Waals surface area contributed by atoms with Crippen LogP contribution in [0.4, 0.5) is 0 Å². The van der Waals surface area contributed by atoms with Gasteiger partial charge in [0, 0.05) is 19.0 Å². The molecule has 23 heavy (non-hydrogen) atoms. The Labute approximate surface area is 155 Å². The van der Waals surface area contributed by atoms with E-state index in [0.717, 1.165) is 26.1 Å². The molecule has 0 aromatic carbocycles. The average Bonchev–Trinajstić information content (AvgIpc) is 2.37. The standard InChI is InChI=1S/C17H35N3O.2ClH/c1-13(2)10-16(12-20(4)5)19-17(21)11-14(3)15-6-8-18-9-7-15;;/h13-16,18H,6-12H2,1-5H3,(H,19,21);2*1H. The molecule has 0 spiro atoms. The molecule has 1 fully saturated rings. The van der Waals surface area contributed by atoms with Crippen molar-refractivity contribution in [3.8, 4) is 0 Å². The number of hydrogen-bond acceptors (Lipinski definition) is 3. The van der Waals surface area contributed by atoms with Crippen LogP contribution in [0.1, 0.15) is 46.5 Å². The maximum absolute atomic E-state index is 12.3. The van der Waals surface area contributed by atoms with E-state index in [2.05, 4.69) is 50.4 Å². The van der Waals surface area contributed by atoms with Crippen molar-refractivity contribution >= 4 is 30.7 Å². The molecule has 2 unspecified atom stereocenters. The smallest absolute Gasteiger partial charge is 0.220 e. The first-order chi connectivity index (χ1) is 9.88. The predicted octanol–water partition coefficient (Wildman–Crippen LogP) is 2.95. The summed E-state index contributed by atoms with van der Waals surface area (Å²) in [7, 11) is 4.13. The Balaban J connectivity index is 0. The van der Waals surface area contributed by atoms with Crippen LogP contribution in [-0.4, -0.2) is 50.6 Å². The summed E-state index contributed by atoms with van der Waals surface area (Å²) in [5.41, 5.74) is 0. The maximum Gasteiger partial charge on any atom is 0.220 e. The molecule has 1 amide bonds. The molecule has 1 aliphatic heterocycles. The van der Waals surface area contributed by atoms with Crippen molar-refractivity contribution in [2.75, 3.05) is 33.7 Å². The van der Waals surface area contributed by atoms with E-state index in [0.29, 0.717) is 24.2 Å². The van der Waals surface area contributed by atoms with Crippen molar-refractivity contribution in [2.24, 2.45) is 17.8 Å². The number of amides is 1. The van der Waals surface area contributed by atoms with Gasteiger partial charge in [0.1, 0.15) is 0 Å². The lowest BCUT2D eigenvalue weighted by molar-refractivity contribution is -0.123. The lowest BCUT2D eigenvalue weighted by Crippen LogP contribution is -2.43. The molecule has 0 aromatic rings. The Morgan fingerprint density at radius 3 is 2.22 bits per heavy atom. The fraction of sp³-hybridized carbons (Fsp3) is 0.941. The Bertz CT molecular complexity index is 298. The summed E-state index contributed by atoms with van der Waals surface area (Å²) in [5, 5.41) is 6.65. The number of likely N-dealkylation sites (N-methyl/N-ethyl adjacent to an activating group) is 1. The third kappa shape index (κ3) is 11.2. The molecule has 0 radical (unpaired) electrons. The number of nitrogens with zero attached hydrogens (tertiary/aromatic N) is 1. The second-order valence-electron chi connectivity index (χ2n) is 7.43. The van der Waals surface area contributed by atoms with Gasteiger partial charge in [-0.1, -0.05) is 20.8 Å². The van der Waals surface area contributed by atoms with Crippen molar-refractivity contribution < 1.29 is 4.79 Å². The zero-order chi connectivity index (χ0) is 15.8. The molecule has 1 aliphatic rings. The van der Waals surface area contributed by atoms with Gasteiger partial charge in [-0.2, -0.15) is 0 Å². The summed E-state index contributed by atoms with van der Waals surface area (Å²) in [6.45, 7) is 9.80. The van der Waals surface area contributed by atoms with Gasteiger partial charge in [0.05, 0.1) is 0 Å². The third-order valence-corrected chi connectivity index (χ3v) is 4.40. The molecular weight excluding hydrogens is 333 g/mol. The summed E-state index contributed by atoms with van der Waals surface area (Å²) in [4.78, 5) is 14.5. The molecule has 2 N–H and O–H groups in total. The highest BCUT2D eigenvalue weighted by Gasteiger charge is 2.23. The maximum atomic E-state index is 12.3. The number of carbonyl (C=O) groups is 1. The largest absolute Gasteiger partial charge is 0.352 e. The molecule has 1 saturated heterocycles. The minimum Gasteiger partial charge on any atom is -0.352 e.